The fourth-order valence-electron chi connectivity index (χ4n) is 2.00. The van der Waals surface area contributed by atoms with Gasteiger partial charge >= 0.3 is 0 Å². The van der Waals surface area contributed by atoms with Crippen molar-refractivity contribution in [1.82, 2.24) is 9.62 Å². The summed E-state index contributed by atoms with van der Waals surface area (Å²) in [6.45, 7) is 4.55. The third-order valence-corrected chi connectivity index (χ3v) is 6.61. The molecule has 1 heterocycles. The summed E-state index contributed by atoms with van der Waals surface area (Å²) in [4.78, 5) is 13.6. The number of aryl methyl sites for hydroxylation is 1. The van der Waals surface area contributed by atoms with Crippen molar-refractivity contribution in [2.45, 2.75) is 25.3 Å². The summed E-state index contributed by atoms with van der Waals surface area (Å²) in [7, 11) is -0.528. The first-order valence-electron chi connectivity index (χ1n) is 7.08. The average Bonchev–Trinajstić information content (AvgIpc) is 2.84. The summed E-state index contributed by atoms with van der Waals surface area (Å²) in [5.41, 5.74) is 2.74. The third-order valence-electron chi connectivity index (χ3n) is 3.72. The van der Waals surface area contributed by atoms with Gasteiger partial charge in [-0.25, -0.2) is 12.7 Å². The number of sulfonamides is 1. The molecule has 7 heteroatoms. The molecule has 0 aliphatic heterocycles. The number of hydrogen-bond donors (Lipinski definition) is 1. The zero-order chi connectivity index (χ0) is 17.2. The van der Waals surface area contributed by atoms with Gasteiger partial charge in [-0.2, -0.15) is 0 Å². The average molecular weight is 352 g/mol. The van der Waals surface area contributed by atoms with Crippen molar-refractivity contribution in [2.75, 3.05) is 14.1 Å². The molecule has 0 aliphatic carbocycles. The maximum absolute atomic E-state index is 12.2. The highest BCUT2D eigenvalue weighted by Crippen LogP contribution is 2.20. The summed E-state index contributed by atoms with van der Waals surface area (Å²) in [6.07, 6.45) is 0. The maximum atomic E-state index is 12.2. The number of hydrogen-bond acceptors (Lipinski definition) is 4. The van der Waals surface area contributed by atoms with Crippen LogP contribution in [0.2, 0.25) is 0 Å². The summed E-state index contributed by atoms with van der Waals surface area (Å²) in [5, 5.41) is 4.90. The lowest BCUT2D eigenvalue weighted by atomic mass is 10.1. The molecule has 1 amide bonds. The van der Waals surface area contributed by atoms with E-state index in [1.54, 1.807) is 11.3 Å². The summed E-state index contributed by atoms with van der Waals surface area (Å²) < 4.78 is 25.1. The molecular weight excluding hydrogens is 332 g/mol. The highest BCUT2D eigenvalue weighted by atomic mass is 32.2. The highest BCUT2D eigenvalue weighted by molar-refractivity contribution is 7.89. The minimum absolute atomic E-state index is 0.170. The second-order valence-corrected chi connectivity index (χ2v) is 8.67. The SMILES string of the molecule is Cc1scc(CNC(=O)c2ccc(S(=O)(=O)N(C)C)cc2)c1C. The van der Waals surface area contributed by atoms with Crippen molar-refractivity contribution in [3.8, 4) is 0 Å². The number of rotatable bonds is 5. The fraction of sp³-hybridized carbons (Fsp3) is 0.312. The molecule has 124 valence electrons. The Kier molecular flexibility index (Phi) is 5.23. The van der Waals surface area contributed by atoms with E-state index < -0.39 is 10.0 Å². The van der Waals surface area contributed by atoms with Crippen LogP contribution in [-0.4, -0.2) is 32.7 Å². The van der Waals surface area contributed by atoms with Crippen molar-refractivity contribution in [3.05, 3.63) is 51.2 Å². The van der Waals surface area contributed by atoms with Gasteiger partial charge in [0.2, 0.25) is 10.0 Å². The first kappa shape index (κ1) is 17.7. The molecule has 5 nitrogen and oxygen atoms in total. The van der Waals surface area contributed by atoms with Crippen molar-refractivity contribution in [1.29, 1.82) is 0 Å². The Morgan fingerprint density at radius 3 is 2.26 bits per heavy atom. The van der Waals surface area contributed by atoms with Crippen LogP contribution in [0.5, 0.6) is 0 Å². The van der Waals surface area contributed by atoms with Crippen molar-refractivity contribution in [3.63, 3.8) is 0 Å². The van der Waals surface area contributed by atoms with Gasteiger partial charge in [0.05, 0.1) is 4.90 Å². The fourth-order valence-corrected chi connectivity index (χ4v) is 3.79. The van der Waals surface area contributed by atoms with Gasteiger partial charge in [0, 0.05) is 31.1 Å². The van der Waals surface area contributed by atoms with Gasteiger partial charge in [-0.3, -0.25) is 4.79 Å². The molecule has 0 saturated heterocycles. The molecule has 0 fully saturated rings. The number of nitrogens with one attached hydrogen (secondary N) is 1. The predicted molar refractivity (Wildman–Crippen MR) is 92.3 cm³/mol. The molecule has 0 aliphatic rings. The van der Waals surface area contributed by atoms with Gasteiger partial charge in [-0.15, -0.1) is 11.3 Å². The Bertz CT molecular complexity index is 806. The smallest absolute Gasteiger partial charge is 0.251 e. The summed E-state index contributed by atoms with van der Waals surface area (Å²) in [6, 6.07) is 5.95. The van der Waals surface area contributed by atoms with E-state index in [-0.39, 0.29) is 10.8 Å². The van der Waals surface area contributed by atoms with E-state index in [0.717, 1.165) is 9.87 Å². The Labute approximate surface area is 141 Å². The quantitative estimate of drug-likeness (QED) is 0.899. The van der Waals surface area contributed by atoms with E-state index in [2.05, 4.69) is 12.2 Å². The molecule has 0 saturated carbocycles. The van der Waals surface area contributed by atoms with E-state index in [0.29, 0.717) is 12.1 Å². The monoisotopic (exact) mass is 352 g/mol. The number of benzene rings is 1. The van der Waals surface area contributed by atoms with Crippen molar-refractivity contribution >= 4 is 27.3 Å². The van der Waals surface area contributed by atoms with Gasteiger partial charge in [0.1, 0.15) is 0 Å². The normalized spacial score (nSPS) is 11.7. The standard InChI is InChI=1S/C16H20N2O3S2/c1-11-12(2)22-10-14(11)9-17-16(19)13-5-7-15(8-6-13)23(20,21)18(3)4/h5-8,10H,9H2,1-4H3,(H,17,19). The van der Waals surface area contributed by atoms with Crippen LogP contribution in [0.1, 0.15) is 26.4 Å². The minimum Gasteiger partial charge on any atom is -0.348 e. The molecule has 1 aromatic heterocycles. The number of thiophene rings is 1. The molecule has 2 rings (SSSR count). The van der Waals surface area contributed by atoms with E-state index in [1.165, 1.54) is 48.8 Å². The molecule has 23 heavy (non-hydrogen) atoms. The lowest BCUT2D eigenvalue weighted by Gasteiger charge is -2.11. The summed E-state index contributed by atoms with van der Waals surface area (Å²) >= 11 is 1.66. The summed E-state index contributed by atoms with van der Waals surface area (Å²) in [5.74, 6) is -0.220. The second-order valence-electron chi connectivity index (χ2n) is 5.44. The van der Waals surface area contributed by atoms with Crippen LogP contribution in [0.15, 0.2) is 34.5 Å². The molecule has 0 atom stereocenters. The molecular formula is C16H20N2O3S2. The van der Waals surface area contributed by atoms with Crippen LogP contribution < -0.4 is 5.32 Å². The number of nitrogens with zero attached hydrogens (tertiary/aromatic N) is 1. The molecule has 2 aromatic rings. The van der Waals surface area contributed by atoms with Gasteiger partial charge in [-0.05, 0) is 54.6 Å². The van der Waals surface area contributed by atoms with E-state index in [9.17, 15) is 13.2 Å². The van der Waals surface area contributed by atoms with Crippen LogP contribution in [0.25, 0.3) is 0 Å². The van der Waals surface area contributed by atoms with Gasteiger partial charge < -0.3 is 5.32 Å². The van der Waals surface area contributed by atoms with Crippen LogP contribution >= 0.6 is 11.3 Å². The number of amides is 1. The Hall–Kier alpha value is -1.70. The van der Waals surface area contributed by atoms with Gasteiger partial charge in [0.25, 0.3) is 5.91 Å². The molecule has 0 spiro atoms. The van der Waals surface area contributed by atoms with Crippen LogP contribution in [0.4, 0.5) is 0 Å². The Morgan fingerprint density at radius 2 is 1.78 bits per heavy atom. The second kappa shape index (κ2) is 6.82. The van der Waals surface area contributed by atoms with E-state index >= 15 is 0 Å². The van der Waals surface area contributed by atoms with Crippen molar-refractivity contribution in [2.24, 2.45) is 0 Å². The zero-order valence-electron chi connectivity index (χ0n) is 13.6. The number of carbonyl (C=O) groups is 1. The van der Waals surface area contributed by atoms with Crippen molar-refractivity contribution < 1.29 is 13.2 Å². The first-order valence-corrected chi connectivity index (χ1v) is 9.40. The Balaban J connectivity index is 2.08. The van der Waals surface area contributed by atoms with Gasteiger partial charge in [-0.1, -0.05) is 0 Å². The molecule has 0 radical (unpaired) electrons. The van der Waals surface area contributed by atoms with E-state index in [1.807, 2.05) is 12.3 Å². The molecule has 1 N–H and O–H groups in total. The largest absolute Gasteiger partial charge is 0.348 e. The van der Waals surface area contributed by atoms with E-state index in [4.69, 9.17) is 0 Å². The van der Waals surface area contributed by atoms with Crippen LogP contribution in [-0.2, 0) is 16.6 Å². The van der Waals surface area contributed by atoms with Crippen LogP contribution in [0, 0.1) is 13.8 Å². The number of carbonyl (C=O) groups excluding carboxylic acids is 1. The zero-order valence-corrected chi connectivity index (χ0v) is 15.2. The molecule has 0 unspecified atom stereocenters. The topological polar surface area (TPSA) is 66.5 Å². The maximum Gasteiger partial charge on any atom is 0.251 e. The molecule has 1 aromatic carbocycles. The lowest BCUT2D eigenvalue weighted by Crippen LogP contribution is -2.24. The third kappa shape index (κ3) is 3.80. The predicted octanol–water partition coefficient (Wildman–Crippen LogP) is 2.55. The lowest BCUT2D eigenvalue weighted by molar-refractivity contribution is 0.0951. The highest BCUT2D eigenvalue weighted by Gasteiger charge is 2.17. The van der Waals surface area contributed by atoms with Crippen LogP contribution in [0.3, 0.4) is 0 Å². The Morgan fingerprint density at radius 1 is 1.17 bits per heavy atom. The first-order chi connectivity index (χ1) is 10.7. The van der Waals surface area contributed by atoms with Gasteiger partial charge in [0.15, 0.2) is 0 Å². The molecule has 0 bridgehead atoms. The minimum atomic E-state index is -3.47.